The van der Waals surface area contributed by atoms with Gasteiger partial charge in [0.15, 0.2) is 5.78 Å². The zero-order chi connectivity index (χ0) is 14.0. The highest BCUT2D eigenvalue weighted by molar-refractivity contribution is 6.31. The second-order valence-corrected chi connectivity index (χ2v) is 4.78. The number of ketones is 1. The summed E-state index contributed by atoms with van der Waals surface area (Å²) in [6.45, 7) is 0. The molecule has 1 nitrogen and oxygen atoms in total. The summed E-state index contributed by atoms with van der Waals surface area (Å²) in [6, 6.07) is 7.61. The van der Waals surface area contributed by atoms with Crippen molar-refractivity contribution >= 4 is 29.0 Å². The number of rotatable bonds is 3. The van der Waals surface area contributed by atoms with E-state index in [9.17, 15) is 13.6 Å². The van der Waals surface area contributed by atoms with Crippen molar-refractivity contribution in [3.8, 4) is 0 Å². The summed E-state index contributed by atoms with van der Waals surface area (Å²) in [5, 5.41) is 0.124. The van der Waals surface area contributed by atoms with Crippen molar-refractivity contribution in [2.75, 3.05) is 0 Å². The molecule has 0 bridgehead atoms. The summed E-state index contributed by atoms with van der Waals surface area (Å²) in [4.78, 5) is 12.0. The molecular formula is C14H8Cl2F2O. The Labute approximate surface area is 118 Å². The average Bonchev–Trinajstić information content (AvgIpc) is 2.36. The third-order valence-electron chi connectivity index (χ3n) is 2.61. The van der Waals surface area contributed by atoms with Gasteiger partial charge in [0.2, 0.25) is 0 Å². The van der Waals surface area contributed by atoms with Gasteiger partial charge >= 0.3 is 0 Å². The van der Waals surface area contributed by atoms with Gasteiger partial charge in [-0.2, -0.15) is 0 Å². The van der Waals surface area contributed by atoms with Gasteiger partial charge in [-0.15, -0.1) is 0 Å². The Hall–Kier alpha value is -1.45. The molecule has 0 aliphatic rings. The normalized spacial score (nSPS) is 10.5. The van der Waals surface area contributed by atoms with Crippen molar-refractivity contribution in [2.24, 2.45) is 0 Å². The number of hydrogen-bond acceptors (Lipinski definition) is 1. The monoisotopic (exact) mass is 300 g/mol. The van der Waals surface area contributed by atoms with Crippen LogP contribution in [0.15, 0.2) is 36.4 Å². The summed E-state index contributed by atoms with van der Waals surface area (Å²) in [7, 11) is 0. The molecule has 0 unspecified atom stereocenters. The lowest BCUT2D eigenvalue weighted by molar-refractivity contribution is 0.0992. The molecule has 0 saturated heterocycles. The average molecular weight is 301 g/mol. The van der Waals surface area contributed by atoms with Gasteiger partial charge in [0.25, 0.3) is 0 Å². The molecule has 0 N–H and O–H groups in total. The van der Waals surface area contributed by atoms with Gasteiger partial charge in [0.1, 0.15) is 11.6 Å². The molecule has 2 aromatic carbocycles. The highest BCUT2D eigenvalue weighted by Gasteiger charge is 2.12. The Kier molecular flexibility index (Phi) is 4.17. The Morgan fingerprint density at radius 3 is 2.37 bits per heavy atom. The zero-order valence-corrected chi connectivity index (χ0v) is 11.1. The first kappa shape index (κ1) is 14.0. The Balaban J connectivity index is 2.23. The van der Waals surface area contributed by atoms with Crippen LogP contribution in [0.3, 0.4) is 0 Å². The molecule has 0 aliphatic heterocycles. The van der Waals surface area contributed by atoms with E-state index in [4.69, 9.17) is 23.2 Å². The summed E-state index contributed by atoms with van der Waals surface area (Å²) in [6.07, 6.45) is -0.0276. The Bertz CT molecular complexity index is 641. The molecule has 2 rings (SSSR count). The molecular weight excluding hydrogens is 293 g/mol. The van der Waals surface area contributed by atoms with E-state index in [1.807, 2.05) is 0 Å². The van der Waals surface area contributed by atoms with Crippen LogP contribution in [0.25, 0.3) is 0 Å². The highest BCUT2D eigenvalue weighted by atomic mass is 35.5. The first-order valence-electron chi connectivity index (χ1n) is 5.39. The number of benzene rings is 2. The van der Waals surface area contributed by atoms with Crippen molar-refractivity contribution in [2.45, 2.75) is 6.42 Å². The Morgan fingerprint density at radius 1 is 1.00 bits per heavy atom. The van der Waals surface area contributed by atoms with Gasteiger partial charge in [-0.25, -0.2) is 8.78 Å². The molecule has 0 radical (unpaired) electrons. The maximum atomic E-state index is 13.3. The van der Waals surface area contributed by atoms with Crippen LogP contribution in [0.5, 0.6) is 0 Å². The SMILES string of the molecule is O=C(Cc1ccc(F)cc1Cl)c1ccc(Cl)c(F)c1. The first-order valence-corrected chi connectivity index (χ1v) is 6.15. The smallest absolute Gasteiger partial charge is 0.167 e. The van der Waals surface area contributed by atoms with Crippen LogP contribution < -0.4 is 0 Å². The van der Waals surface area contributed by atoms with Gasteiger partial charge in [-0.05, 0) is 35.9 Å². The van der Waals surface area contributed by atoms with Crippen molar-refractivity contribution in [1.29, 1.82) is 0 Å². The summed E-state index contributed by atoms with van der Waals surface area (Å²) >= 11 is 11.4. The molecule has 0 spiro atoms. The topological polar surface area (TPSA) is 17.1 Å². The third-order valence-corrected chi connectivity index (χ3v) is 3.27. The lowest BCUT2D eigenvalue weighted by Crippen LogP contribution is -2.04. The van der Waals surface area contributed by atoms with Crippen LogP contribution in [0.1, 0.15) is 15.9 Å². The largest absolute Gasteiger partial charge is 0.294 e. The van der Waals surface area contributed by atoms with E-state index >= 15 is 0 Å². The first-order chi connectivity index (χ1) is 8.97. The van der Waals surface area contributed by atoms with E-state index in [0.717, 1.165) is 12.1 Å². The van der Waals surface area contributed by atoms with E-state index in [2.05, 4.69) is 0 Å². The molecule has 0 aliphatic carbocycles. The molecule has 5 heteroatoms. The second kappa shape index (κ2) is 5.68. The van der Waals surface area contributed by atoms with Gasteiger partial charge in [-0.3, -0.25) is 4.79 Å². The van der Waals surface area contributed by atoms with Gasteiger partial charge in [-0.1, -0.05) is 29.3 Å². The van der Waals surface area contributed by atoms with Crippen LogP contribution in [0.2, 0.25) is 10.0 Å². The predicted molar refractivity (Wildman–Crippen MR) is 70.9 cm³/mol. The van der Waals surface area contributed by atoms with Gasteiger partial charge in [0, 0.05) is 17.0 Å². The summed E-state index contributed by atoms with van der Waals surface area (Å²) in [5.41, 5.74) is 0.686. The van der Waals surface area contributed by atoms with E-state index in [1.54, 1.807) is 0 Å². The molecule has 0 atom stereocenters. The van der Waals surface area contributed by atoms with Crippen molar-refractivity contribution < 1.29 is 13.6 Å². The zero-order valence-electron chi connectivity index (χ0n) is 9.59. The third kappa shape index (κ3) is 3.31. The van der Waals surface area contributed by atoms with Crippen LogP contribution in [0, 0.1) is 11.6 Å². The van der Waals surface area contributed by atoms with Crippen LogP contribution >= 0.6 is 23.2 Å². The fraction of sp³-hybridized carbons (Fsp3) is 0.0714. The fourth-order valence-corrected chi connectivity index (χ4v) is 1.96. The van der Waals surface area contributed by atoms with E-state index in [-0.39, 0.29) is 27.8 Å². The minimum absolute atomic E-state index is 0.0276. The molecule has 0 aromatic heterocycles. The number of Topliss-reactive ketones (excluding diaryl/α,β-unsaturated/α-hetero) is 1. The standard InChI is InChI=1S/C14H8Cl2F2O/c15-11-4-2-9(5-13(11)18)14(19)6-8-1-3-10(17)7-12(8)16/h1-5,7H,6H2. The van der Waals surface area contributed by atoms with Gasteiger partial charge < -0.3 is 0 Å². The van der Waals surface area contributed by atoms with Crippen molar-refractivity contribution in [1.82, 2.24) is 0 Å². The quantitative estimate of drug-likeness (QED) is 0.751. The van der Waals surface area contributed by atoms with Crippen LogP contribution in [-0.4, -0.2) is 5.78 Å². The number of carbonyl (C=O) groups excluding carboxylic acids is 1. The molecule has 0 saturated carbocycles. The maximum absolute atomic E-state index is 13.3. The van der Waals surface area contributed by atoms with Crippen molar-refractivity contribution in [3.63, 3.8) is 0 Å². The lowest BCUT2D eigenvalue weighted by Gasteiger charge is -2.05. The van der Waals surface area contributed by atoms with Crippen LogP contribution in [0.4, 0.5) is 8.78 Å². The lowest BCUT2D eigenvalue weighted by atomic mass is 10.0. The Morgan fingerprint density at radius 2 is 1.74 bits per heavy atom. The van der Waals surface area contributed by atoms with E-state index in [0.29, 0.717) is 5.56 Å². The van der Waals surface area contributed by atoms with E-state index in [1.165, 1.54) is 24.3 Å². The molecule has 98 valence electrons. The molecule has 19 heavy (non-hydrogen) atoms. The van der Waals surface area contributed by atoms with E-state index < -0.39 is 11.6 Å². The second-order valence-electron chi connectivity index (χ2n) is 3.96. The highest BCUT2D eigenvalue weighted by Crippen LogP contribution is 2.21. The van der Waals surface area contributed by atoms with Gasteiger partial charge in [0.05, 0.1) is 5.02 Å². The minimum atomic E-state index is -0.655. The maximum Gasteiger partial charge on any atom is 0.167 e. The molecule has 0 amide bonds. The minimum Gasteiger partial charge on any atom is -0.294 e. The molecule has 0 heterocycles. The van der Waals surface area contributed by atoms with Crippen LogP contribution in [-0.2, 0) is 6.42 Å². The fourth-order valence-electron chi connectivity index (χ4n) is 1.61. The summed E-state index contributed by atoms with van der Waals surface area (Å²) < 4.78 is 26.1. The van der Waals surface area contributed by atoms with Crippen molar-refractivity contribution in [3.05, 3.63) is 69.2 Å². The number of carbonyl (C=O) groups is 1. The molecule has 2 aromatic rings. The predicted octanol–water partition coefficient (Wildman–Crippen LogP) is 4.70. The summed E-state index contributed by atoms with van der Waals surface area (Å²) in [5.74, 6) is -1.44. The molecule has 0 fully saturated rings. The number of halogens is 4. The number of hydrogen-bond donors (Lipinski definition) is 0.